The Labute approximate surface area is 172 Å². The Morgan fingerprint density at radius 2 is 1.64 bits per heavy atom. The summed E-state index contributed by atoms with van der Waals surface area (Å²) < 4.78 is 0. The van der Waals surface area contributed by atoms with Crippen molar-refractivity contribution in [3.63, 3.8) is 0 Å². The lowest BCUT2D eigenvalue weighted by Crippen LogP contribution is -2.19. The zero-order valence-electron chi connectivity index (χ0n) is 18.4. The predicted octanol–water partition coefficient (Wildman–Crippen LogP) is 8.23. The Hall–Kier alpha value is -2.41. The van der Waals surface area contributed by atoms with E-state index in [4.69, 9.17) is 0 Å². The molecule has 1 aromatic rings. The molecular weight excluding hydrogens is 338 g/mol. The fraction of sp³-hybridized carbons (Fsp3) is 0.370. The largest absolute Gasteiger partial charge is 0.257 e. The zero-order chi connectivity index (χ0) is 20.6. The van der Waals surface area contributed by atoms with Crippen LogP contribution in [-0.2, 0) is 0 Å². The molecule has 0 fully saturated rings. The molecule has 0 N–H and O–H groups in total. The number of hydrogen-bond donors (Lipinski definition) is 0. The molecule has 0 heterocycles. The molecule has 0 aromatic heterocycles. The van der Waals surface area contributed by atoms with E-state index in [-0.39, 0.29) is 0 Å². The molecule has 1 aliphatic carbocycles. The number of allylic oxidation sites excluding steroid dienone is 10. The zero-order valence-corrected chi connectivity index (χ0v) is 18.4. The SMILES string of the molecule is CC1=C(/C=C/C(C)=C/C=C/C(C)=C/C=Nc2ccc(C)cc2)C(C)(C)CCC1. The van der Waals surface area contributed by atoms with Crippen molar-refractivity contribution in [3.8, 4) is 0 Å². The van der Waals surface area contributed by atoms with Crippen LogP contribution in [0.25, 0.3) is 0 Å². The van der Waals surface area contributed by atoms with Crippen LogP contribution in [0.1, 0.15) is 59.4 Å². The summed E-state index contributed by atoms with van der Waals surface area (Å²) in [7, 11) is 0. The highest BCUT2D eigenvalue weighted by Crippen LogP contribution is 2.40. The lowest BCUT2D eigenvalue weighted by atomic mass is 9.72. The molecule has 0 atom stereocenters. The van der Waals surface area contributed by atoms with Crippen LogP contribution in [0.3, 0.4) is 0 Å². The summed E-state index contributed by atoms with van der Waals surface area (Å²) in [6.45, 7) is 13.3. The second kappa shape index (κ2) is 10.2. The van der Waals surface area contributed by atoms with Crippen molar-refractivity contribution in [2.24, 2.45) is 10.4 Å². The number of rotatable bonds is 6. The van der Waals surface area contributed by atoms with E-state index in [0.29, 0.717) is 5.41 Å². The maximum Gasteiger partial charge on any atom is 0.0629 e. The quantitative estimate of drug-likeness (QED) is 0.352. The Balaban J connectivity index is 1.95. The van der Waals surface area contributed by atoms with Gasteiger partial charge < -0.3 is 0 Å². The molecule has 0 spiro atoms. The van der Waals surface area contributed by atoms with Gasteiger partial charge in [-0.05, 0) is 81.7 Å². The summed E-state index contributed by atoms with van der Waals surface area (Å²) in [5.41, 5.74) is 8.03. The molecule has 0 radical (unpaired) electrons. The first kappa shape index (κ1) is 21.9. The molecule has 0 saturated carbocycles. The lowest BCUT2D eigenvalue weighted by molar-refractivity contribution is 0.377. The lowest BCUT2D eigenvalue weighted by Gasteiger charge is -2.32. The minimum absolute atomic E-state index is 0.297. The first-order chi connectivity index (χ1) is 13.3. The normalized spacial score (nSPS) is 18.8. The van der Waals surface area contributed by atoms with Crippen molar-refractivity contribution in [1.82, 2.24) is 0 Å². The van der Waals surface area contributed by atoms with Crippen LogP contribution < -0.4 is 0 Å². The van der Waals surface area contributed by atoms with E-state index < -0.39 is 0 Å². The molecular formula is C27H35N. The van der Waals surface area contributed by atoms with E-state index in [1.54, 1.807) is 5.57 Å². The van der Waals surface area contributed by atoms with E-state index in [1.165, 1.54) is 41.5 Å². The van der Waals surface area contributed by atoms with Crippen molar-refractivity contribution in [3.05, 3.63) is 88.6 Å². The van der Waals surface area contributed by atoms with Gasteiger partial charge in [-0.3, -0.25) is 4.99 Å². The fourth-order valence-corrected chi connectivity index (χ4v) is 3.56. The third-order valence-corrected chi connectivity index (χ3v) is 5.37. The number of nitrogens with zero attached hydrogens (tertiary/aromatic N) is 1. The molecule has 0 bridgehead atoms. The summed E-state index contributed by atoms with van der Waals surface area (Å²) >= 11 is 0. The van der Waals surface area contributed by atoms with Crippen molar-refractivity contribution in [2.45, 2.75) is 60.8 Å². The monoisotopic (exact) mass is 373 g/mol. The molecule has 0 saturated heterocycles. The minimum Gasteiger partial charge on any atom is -0.257 e. The minimum atomic E-state index is 0.297. The Morgan fingerprint density at radius 1 is 0.964 bits per heavy atom. The average Bonchev–Trinajstić information content (AvgIpc) is 2.62. The summed E-state index contributed by atoms with van der Waals surface area (Å²) in [5, 5.41) is 0. The fourth-order valence-electron chi connectivity index (χ4n) is 3.56. The van der Waals surface area contributed by atoms with Gasteiger partial charge in [-0.15, -0.1) is 0 Å². The third-order valence-electron chi connectivity index (χ3n) is 5.37. The van der Waals surface area contributed by atoms with Gasteiger partial charge in [0.25, 0.3) is 0 Å². The van der Waals surface area contributed by atoms with E-state index in [9.17, 15) is 0 Å². The molecule has 28 heavy (non-hydrogen) atoms. The number of aryl methyl sites for hydroxylation is 1. The van der Waals surface area contributed by atoms with Crippen molar-refractivity contribution in [2.75, 3.05) is 0 Å². The Morgan fingerprint density at radius 3 is 2.32 bits per heavy atom. The van der Waals surface area contributed by atoms with Gasteiger partial charge in [0.15, 0.2) is 0 Å². The van der Waals surface area contributed by atoms with Gasteiger partial charge in [0.1, 0.15) is 0 Å². The van der Waals surface area contributed by atoms with Gasteiger partial charge in [0.05, 0.1) is 5.69 Å². The van der Waals surface area contributed by atoms with Crippen LogP contribution in [0.4, 0.5) is 5.69 Å². The second-order valence-corrected chi connectivity index (χ2v) is 8.56. The molecule has 0 aliphatic heterocycles. The average molecular weight is 374 g/mol. The van der Waals surface area contributed by atoms with Gasteiger partial charge in [-0.1, -0.05) is 73.1 Å². The third kappa shape index (κ3) is 6.96. The standard InChI is InChI=1S/C27H35N/c1-21(14-17-26-24(4)11-8-19-27(26,5)6)9-7-10-22(2)18-20-28-25-15-12-23(3)13-16-25/h7,9-10,12-18,20H,8,11,19H2,1-6H3/b10-7+,17-14+,21-9+,22-18+,28-20?. The van der Waals surface area contributed by atoms with E-state index >= 15 is 0 Å². The van der Waals surface area contributed by atoms with E-state index in [0.717, 1.165) is 5.69 Å². The topological polar surface area (TPSA) is 12.4 Å². The first-order valence-corrected chi connectivity index (χ1v) is 10.3. The van der Waals surface area contributed by atoms with Gasteiger partial charge in [0.2, 0.25) is 0 Å². The van der Waals surface area contributed by atoms with Gasteiger partial charge >= 0.3 is 0 Å². The summed E-state index contributed by atoms with van der Waals surface area (Å²) in [4.78, 5) is 4.47. The van der Waals surface area contributed by atoms with Gasteiger partial charge in [-0.2, -0.15) is 0 Å². The predicted molar refractivity (Wildman–Crippen MR) is 125 cm³/mol. The molecule has 1 aliphatic rings. The van der Waals surface area contributed by atoms with Gasteiger partial charge in [-0.25, -0.2) is 0 Å². The smallest absolute Gasteiger partial charge is 0.0629 e. The molecule has 0 unspecified atom stereocenters. The first-order valence-electron chi connectivity index (χ1n) is 10.3. The van der Waals surface area contributed by atoms with E-state index in [1.807, 2.05) is 24.4 Å². The Kier molecular flexibility index (Phi) is 7.99. The van der Waals surface area contributed by atoms with Crippen LogP contribution >= 0.6 is 0 Å². The summed E-state index contributed by atoms with van der Waals surface area (Å²) in [6, 6.07) is 8.23. The molecule has 2 rings (SSSR count). The molecule has 1 aromatic carbocycles. The second-order valence-electron chi connectivity index (χ2n) is 8.56. The summed E-state index contributed by atoms with van der Waals surface area (Å²) in [6.07, 6.45) is 18.7. The van der Waals surface area contributed by atoms with Crippen LogP contribution in [0.5, 0.6) is 0 Å². The molecule has 1 heteroatoms. The molecule has 148 valence electrons. The van der Waals surface area contributed by atoms with Gasteiger partial charge in [0, 0.05) is 6.21 Å². The number of aliphatic imine (C=N–C) groups is 1. The summed E-state index contributed by atoms with van der Waals surface area (Å²) in [5.74, 6) is 0. The Bertz CT molecular complexity index is 837. The molecule has 1 nitrogen and oxygen atoms in total. The highest BCUT2D eigenvalue weighted by Gasteiger charge is 2.26. The molecule has 0 amide bonds. The van der Waals surface area contributed by atoms with Crippen molar-refractivity contribution >= 4 is 11.9 Å². The maximum atomic E-state index is 4.47. The van der Waals surface area contributed by atoms with Crippen LogP contribution in [-0.4, -0.2) is 6.21 Å². The van der Waals surface area contributed by atoms with Crippen molar-refractivity contribution in [1.29, 1.82) is 0 Å². The highest BCUT2D eigenvalue weighted by atomic mass is 14.7. The van der Waals surface area contributed by atoms with Crippen LogP contribution in [0, 0.1) is 12.3 Å². The van der Waals surface area contributed by atoms with Crippen molar-refractivity contribution < 1.29 is 0 Å². The number of benzene rings is 1. The number of hydrogen-bond acceptors (Lipinski definition) is 1. The maximum absolute atomic E-state index is 4.47. The van der Waals surface area contributed by atoms with Crippen LogP contribution in [0.15, 0.2) is 88.0 Å². The van der Waals surface area contributed by atoms with Crippen LogP contribution in [0.2, 0.25) is 0 Å². The highest BCUT2D eigenvalue weighted by molar-refractivity contribution is 5.75. The van der Waals surface area contributed by atoms with E-state index in [2.05, 4.69) is 89.0 Å².